The van der Waals surface area contributed by atoms with Crippen LogP contribution in [-0.2, 0) is 0 Å². The van der Waals surface area contributed by atoms with Gasteiger partial charge in [-0.2, -0.15) is 0 Å². The predicted octanol–water partition coefficient (Wildman–Crippen LogP) is 3.84. The Morgan fingerprint density at radius 3 is 2.82 bits per heavy atom. The van der Waals surface area contributed by atoms with E-state index in [1.54, 1.807) is 0 Å². The molecular weight excluding hydrogens is 132 g/mol. The van der Waals surface area contributed by atoms with Gasteiger partial charge in [-0.15, -0.1) is 0 Å². The van der Waals surface area contributed by atoms with Crippen molar-refractivity contribution in [3.05, 3.63) is 23.8 Å². The van der Waals surface area contributed by atoms with Gasteiger partial charge in [0.15, 0.2) is 0 Å². The largest absolute Gasteiger partial charge is 0.0845 e. The van der Waals surface area contributed by atoms with Crippen molar-refractivity contribution in [3.8, 4) is 0 Å². The van der Waals surface area contributed by atoms with Gasteiger partial charge in [-0.3, -0.25) is 0 Å². The summed E-state index contributed by atoms with van der Waals surface area (Å²) in [6, 6.07) is 0. The van der Waals surface area contributed by atoms with Gasteiger partial charge in [-0.05, 0) is 32.6 Å². The molecule has 0 aliphatic heterocycles. The van der Waals surface area contributed by atoms with Crippen LogP contribution in [0.1, 0.15) is 45.4 Å². The first-order valence-electron chi connectivity index (χ1n) is 4.72. The Morgan fingerprint density at radius 1 is 1.09 bits per heavy atom. The third-order valence-electron chi connectivity index (χ3n) is 2.21. The van der Waals surface area contributed by atoms with Gasteiger partial charge in [0, 0.05) is 0 Å². The normalized spacial score (nSPS) is 28.6. The quantitative estimate of drug-likeness (QED) is 0.492. The summed E-state index contributed by atoms with van der Waals surface area (Å²) in [5.41, 5.74) is 1.53. The predicted molar refractivity (Wildman–Crippen MR) is 50.6 cm³/mol. The second-order valence-electron chi connectivity index (χ2n) is 3.39. The molecule has 0 aromatic carbocycles. The van der Waals surface area contributed by atoms with Crippen molar-refractivity contribution < 1.29 is 0 Å². The average molecular weight is 150 g/mol. The summed E-state index contributed by atoms with van der Waals surface area (Å²) in [6.07, 6.45) is 14.9. The van der Waals surface area contributed by atoms with Crippen LogP contribution in [0.4, 0.5) is 0 Å². The molecule has 1 aliphatic carbocycles. The molecule has 0 spiro atoms. The van der Waals surface area contributed by atoms with E-state index in [1.165, 1.54) is 44.1 Å². The van der Waals surface area contributed by atoms with Crippen LogP contribution in [-0.4, -0.2) is 0 Å². The molecule has 0 radical (unpaired) electrons. The van der Waals surface area contributed by atoms with Gasteiger partial charge in [0.1, 0.15) is 0 Å². The van der Waals surface area contributed by atoms with Crippen LogP contribution >= 0.6 is 0 Å². The van der Waals surface area contributed by atoms with Crippen LogP contribution in [0.15, 0.2) is 23.8 Å². The zero-order valence-electron chi connectivity index (χ0n) is 7.47. The monoisotopic (exact) mass is 150 g/mol. The molecule has 0 fully saturated rings. The maximum atomic E-state index is 2.29. The molecule has 0 amide bonds. The lowest BCUT2D eigenvalue weighted by Gasteiger charge is -2.02. The molecule has 0 atom stereocenters. The summed E-state index contributed by atoms with van der Waals surface area (Å²) in [7, 11) is 0. The maximum absolute atomic E-state index is 2.29. The first-order chi connectivity index (χ1) is 5.39. The van der Waals surface area contributed by atoms with Gasteiger partial charge in [0.05, 0.1) is 0 Å². The van der Waals surface area contributed by atoms with Crippen molar-refractivity contribution in [1.82, 2.24) is 0 Å². The molecule has 0 saturated heterocycles. The molecule has 0 heteroatoms. The number of hydrogen-bond acceptors (Lipinski definition) is 0. The summed E-state index contributed by atoms with van der Waals surface area (Å²) in [5, 5.41) is 0. The Kier molecular flexibility index (Phi) is 4.03. The Balaban J connectivity index is 2.40. The van der Waals surface area contributed by atoms with Crippen LogP contribution in [0.2, 0.25) is 0 Å². The maximum Gasteiger partial charge on any atom is -0.0320 e. The molecule has 0 aromatic rings. The second kappa shape index (κ2) is 5.17. The third-order valence-corrected chi connectivity index (χ3v) is 2.21. The molecule has 0 N–H and O–H groups in total. The zero-order chi connectivity index (χ0) is 7.94. The van der Waals surface area contributed by atoms with E-state index in [-0.39, 0.29) is 0 Å². The van der Waals surface area contributed by atoms with E-state index in [2.05, 4.69) is 25.2 Å². The van der Waals surface area contributed by atoms with Crippen molar-refractivity contribution in [2.45, 2.75) is 45.4 Å². The van der Waals surface area contributed by atoms with Gasteiger partial charge in [-0.1, -0.05) is 36.6 Å². The highest BCUT2D eigenvalue weighted by Crippen LogP contribution is 2.12. The minimum Gasteiger partial charge on any atom is -0.0845 e. The molecule has 0 heterocycles. The van der Waals surface area contributed by atoms with Crippen LogP contribution < -0.4 is 0 Å². The first kappa shape index (κ1) is 8.58. The molecule has 0 saturated carbocycles. The van der Waals surface area contributed by atoms with E-state index in [4.69, 9.17) is 0 Å². The van der Waals surface area contributed by atoms with Crippen molar-refractivity contribution in [1.29, 1.82) is 0 Å². The van der Waals surface area contributed by atoms with Crippen molar-refractivity contribution >= 4 is 0 Å². The van der Waals surface area contributed by atoms with E-state index < -0.39 is 0 Å². The average Bonchev–Trinajstić information content (AvgIpc) is 2.03. The molecule has 0 bridgehead atoms. The minimum absolute atomic E-state index is 1.27. The van der Waals surface area contributed by atoms with Crippen molar-refractivity contribution in [2.75, 3.05) is 0 Å². The fraction of sp³-hybridized carbons (Fsp3) is 0.636. The van der Waals surface area contributed by atoms with E-state index in [0.29, 0.717) is 0 Å². The third kappa shape index (κ3) is 4.02. The molecular formula is C11H18. The molecule has 62 valence electrons. The van der Waals surface area contributed by atoms with Gasteiger partial charge >= 0.3 is 0 Å². The summed E-state index contributed by atoms with van der Waals surface area (Å²) in [6.45, 7) is 2.23. The number of rotatable bonds is 0. The molecule has 1 aliphatic rings. The molecule has 11 heavy (non-hydrogen) atoms. The summed E-state index contributed by atoms with van der Waals surface area (Å²) < 4.78 is 0. The van der Waals surface area contributed by atoms with E-state index in [0.717, 1.165) is 0 Å². The molecule has 0 nitrogen and oxygen atoms in total. The van der Waals surface area contributed by atoms with Crippen LogP contribution in [0, 0.1) is 0 Å². The topological polar surface area (TPSA) is 0 Å². The molecule has 0 unspecified atom stereocenters. The van der Waals surface area contributed by atoms with Crippen LogP contribution in [0.25, 0.3) is 0 Å². The SMILES string of the molecule is C/C1=C/C=C\CCCCCC1. The lowest BCUT2D eigenvalue weighted by atomic mass is 10.0. The van der Waals surface area contributed by atoms with Gasteiger partial charge < -0.3 is 0 Å². The van der Waals surface area contributed by atoms with Crippen molar-refractivity contribution in [2.24, 2.45) is 0 Å². The second-order valence-corrected chi connectivity index (χ2v) is 3.39. The lowest BCUT2D eigenvalue weighted by molar-refractivity contribution is 0.642. The van der Waals surface area contributed by atoms with Crippen LogP contribution in [0.5, 0.6) is 0 Å². The number of allylic oxidation sites excluding steroid dienone is 4. The van der Waals surface area contributed by atoms with Crippen molar-refractivity contribution in [3.63, 3.8) is 0 Å². The zero-order valence-corrected chi connectivity index (χ0v) is 7.47. The lowest BCUT2D eigenvalue weighted by Crippen LogP contribution is -1.82. The molecule has 1 rings (SSSR count). The fourth-order valence-corrected chi connectivity index (χ4v) is 1.43. The van der Waals surface area contributed by atoms with Gasteiger partial charge in [0.2, 0.25) is 0 Å². The Labute approximate surface area is 70.0 Å². The van der Waals surface area contributed by atoms with E-state index in [1.807, 2.05) is 0 Å². The highest BCUT2D eigenvalue weighted by molar-refractivity contribution is 5.10. The fourth-order valence-electron chi connectivity index (χ4n) is 1.43. The number of hydrogen-bond donors (Lipinski definition) is 0. The smallest absolute Gasteiger partial charge is 0.0320 e. The van der Waals surface area contributed by atoms with Crippen LogP contribution in [0.3, 0.4) is 0 Å². The standard InChI is InChI=1S/C11H18/c1-11-9-7-5-3-2-4-6-8-10-11/h5,7,9H,2-4,6,8,10H2,1H3/b7-5-,11-9-. The van der Waals surface area contributed by atoms with E-state index >= 15 is 0 Å². The summed E-state index contributed by atoms with van der Waals surface area (Å²) in [5.74, 6) is 0. The molecule has 0 aromatic heterocycles. The summed E-state index contributed by atoms with van der Waals surface area (Å²) in [4.78, 5) is 0. The Morgan fingerprint density at radius 2 is 1.91 bits per heavy atom. The van der Waals surface area contributed by atoms with Gasteiger partial charge in [-0.25, -0.2) is 0 Å². The van der Waals surface area contributed by atoms with E-state index in [9.17, 15) is 0 Å². The Bertz CT molecular complexity index is 151. The summed E-state index contributed by atoms with van der Waals surface area (Å²) >= 11 is 0. The first-order valence-corrected chi connectivity index (χ1v) is 4.72. The van der Waals surface area contributed by atoms with Gasteiger partial charge in [0.25, 0.3) is 0 Å². The Hall–Kier alpha value is -0.520. The minimum atomic E-state index is 1.27. The highest BCUT2D eigenvalue weighted by atomic mass is 14.0. The highest BCUT2D eigenvalue weighted by Gasteiger charge is 1.92.